The van der Waals surface area contributed by atoms with E-state index in [4.69, 9.17) is 16.2 Å². The van der Waals surface area contributed by atoms with Gasteiger partial charge in [-0.1, -0.05) is 0 Å². The number of piperidine rings is 1. The van der Waals surface area contributed by atoms with Gasteiger partial charge in [-0.2, -0.15) is 4.31 Å². The first-order chi connectivity index (χ1) is 15.1. The van der Waals surface area contributed by atoms with Gasteiger partial charge in [0.2, 0.25) is 15.9 Å². The van der Waals surface area contributed by atoms with Crippen LogP contribution in [0.15, 0.2) is 39.0 Å². The quantitative estimate of drug-likeness (QED) is 0.370. The number of aliphatic imine (C=N–C) groups is 1. The van der Waals surface area contributed by atoms with Crippen LogP contribution in [0.25, 0.3) is 0 Å². The maximum Gasteiger partial charge on any atom is 0.243 e. The maximum atomic E-state index is 13.0. The molecule has 1 amide bonds. The van der Waals surface area contributed by atoms with E-state index in [1.54, 1.807) is 4.90 Å². The molecule has 2 saturated heterocycles. The molecule has 11 nitrogen and oxygen atoms in total. The Morgan fingerprint density at radius 1 is 0.969 bits per heavy atom. The number of carbonyl (C=O) groups excluding carboxylic acids is 1. The first-order valence-corrected chi connectivity index (χ1v) is 13.4. The summed E-state index contributed by atoms with van der Waals surface area (Å²) in [6.07, 6.45) is 0.781. The third-order valence-corrected chi connectivity index (χ3v) is 9.80. The zero-order valence-corrected chi connectivity index (χ0v) is 19.4. The standard InChI is InChI=1S/C19H29N5O6S2/c20-19(21)22-8-5-18(25)23-9-6-16(7-10-23)31(26,27)15-1-3-17(4-2-15)32(28,29)24-11-13-30-14-12-24/h1-4,16H,5-14H2,(H4,20,21,22). The van der Waals surface area contributed by atoms with Crippen LogP contribution in [0.2, 0.25) is 0 Å². The summed E-state index contributed by atoms with van der Waals surface area (Å²) < 4.78 is 58.1. The Balaban J connectivity index is 1.62. The van der Waals surface area contributed by atoms with Crippen LogP contribution in [0.5, 0.6) is 0 Å². The minimum atomic E-state index is -3.69. The molecule has 32 heavy (non-hydrogen) atoms. The molecule has 1 aromatic rings. The van der Waals surface area contributed by atoms with Crippen molar-refractivity contribution in [2.75, 3.05) is 45.9 Å². The first kappa shape index (κ1) is 24.4. The summed E-state index contributed by atoms with van der Waals surface area (Å²) in [5, 5.41) is -0.633. The smallest absolute Gasteiger partial charge is 0.243 e. The number of benzene rings is 1. The topological polar surface area (TPSA) is 165 Å². The van der Waals surface area contributed by atoms with E-state index in [1.165, 1.54) is 28.6 Å². The molecule has 0 bridgehead atoms. The summed E-state index contributed by atoms with van der Waals surface area (Å²) in [5.41, 5.74) is 10.5. The average Bonchev–Trinajstić information content (AvgIpc) is 2.79. The Morgan fingerprint density at radius 2 is 1.53 bits per heavy atom. The SMILES string of the molecule is NC(N)=NCCC(=O)N1CCC(S(=O)(=O)c2ccc(S(=O)(=O)N3CCOCC3)cc2)CC1. The van der Waals surface area contributed by atoms with Gasteiger partial charge in [-0.05, 0) is 37.1 Å². The molecule has 2 aliphatic heterocycles. The number of likely N-dealkylation sites (tertiary alicyclic amines) is 1. The summed E-state index contributed by atoms with van der Waals surface area (Å²) in [4.78, 5) is 17.8. The Hall–Kier alpha value is -2.22. The minimum Gasteiger partial charge on any atom is -0.379 e. The predicted molar refractivity (Wildman–Crippen MR) is 118 cm³/mol. The van der Waals surface area contributed by atoms with E-state index in [9.17, 15) is 21.6 Å². The molecule has 178 valence electrons. The number of nitrogens with zero attached hydrogens (tertiary/aromatic N) is 3. The number of hydrogen-bond donors (Lipinski definition) is 2. The second kappa shape index (κ2) is 10.1. The normalized spacial score (nSPS) is 18.9. The molecule has 0 radical (unpaired) electrons. The van der Waals surface area contributed by atoms with Gasteiger partial charge in [0.15, 0.2) is 15.8 Å². The second-order valence-corrected chi connectivity index (χ2v) is 11.8. The molecule has 4 N–H and O–H groups in total. The van der Waals surface area contributed by atoms with Crippen LogP contribution in [-0.4, -0.2) is 89.1 Å². The molecule has 0 atom stereocenters. The maximum absolute atomic E-state index is 13.0. The molecule has 3 rings (SSSR count). The zero-order valence-electron chi connectivity index (χ0n) is 17.7. The van der Waals surface area contributed by atoms with Gasteiger partial charge in [0.25, 0.3) is 0 Å². The molecule has 2 fully saturated rings. The van der Waals surface area contributed by atoms with E-state index >= 15 is 0 Å². The van der Waals surface area contributed by atoms with Gasteiger partial charge < -0.3 is 21.1 Å². The lowest BCUT2D eigenvalue weighted by Gasteiger charge is -2.31. The summed E-state index contributed by atoms with van der Waals surface area (Å²) in [6.45, 7) is 2.06. The van der Waals surface area contributed by atoms with Gasteiger partial charge in [-0.3, -0.25) is 9.79 Å². The molecule has 0 saturated carbocycles. The van der Waals surface area contributed by atoms with Crippen LogP contribution in [-0.2, 0) is 29.4 Å². The summed E-state index contributed by atoms with van der Waals surface area (Å²) >= 11 is 0. The van der Waals surface area contributed by atoms with Crippen molar-refractivity contribution in [1.82, 2.24) is 9.21 Å². The van der Waals surface area contributed by atoms with E-state index in [0.717, 1.165) is 0 Å². The first-order valence-electron chi connectivity index (χ1n) is 10.4. The van der Waals surface area contributed by atoms with Crippen molar-refractivity contribution in [3.8, 4) is 0 Å². The molecule has 1 aromatic carbocycles. The van der Waals surface area contributed by atoms with Crippen LogP contribution in [0.3, 0.4) is 0 Å². The molecule has 0 aliphatic carbocycles. The lowest BCUT2D eigenvalue weighted by molar-refractivity contribution is -0.131. The number of amides is 1. The molecule has 0 aromatic heterocycles. The van der Waals surface area contributed by atoms with Crippen molar-refractivity contribution in [1.29, 1.82) is 0 Å². The minimum absolute atomic E-state index is 0.0551. The van der Waals surface area contributed by atoms with Crippen molar-refractivity contribution in [3.63, 3.8) is 0 Å². The van der Waals surface area contributed by atoms with E-state index in [-0.39, 0.29) is 47.7 Å². The Bertz CT molecular complexity index is 1040. The van der Waals surface area contributed by atoms with E-state index in [2.05, 4.69) is 4.99 Å². The number of guanidine groups is 1. The monoisotopic (exact) mass is 487 g/mol. The number of sulfone groups is 1. The van der Waals surface area contributed by atoms with E-state index < -0.39 is 25.1 Å². The summed E-state index contributed by atoms with van der Waals surface area (Å²) in [7, 11) is -7.34. The van der Waals surface area contributed by atoms with Gasteiger partial charge >= 0.3 is 0 Å². The van der Waals surface area contributed by atoms with Gasteiger partial charge in [0.1, 0.15) is 0 Å². The number of morpholine rings is 1. The Labute approximate surface area is 188 Å². The highest BCUT2D eigenvalue weighted by atomic mass is 32.2. The van der Waals surface area contributed by atoms with Crippen LogP contribution >= 0.6 is 0 Å². The number of nitrogens with two attached hydrogens (primary N) is 2. The third kappa shape index (κ3) is 5.57. The number of carbonyl (C=O) groups is 1. The van der Waals surface area contributed by atoms with Crippen molar-refractivity contribution < 1.29 is 26.4 Å². The van der Waals surface area contributed by atoms with Gasteiger partial charge in [-0.15, -0.1) is 0 Å². The fraction of sp³-hybridized carbons (Fsp3) is 0.579. The predicted octanol–water partition coefficient (Wildman–Crippen LogP) is -0.864. The molecule has 2 aliphatic rings. The Kier molecular flexibility index (Phi) is 7.75. The average molecular weight is 488 g/mol. The third-order valence-electron chi connectivity index (χ3n) is 5.61. The van der Waals surface area contributed by atoms with Gasteiger partial charge in [0, 0.05) is 32.6 Å². The molecular formula is C19H29N5O6S2. The van der Waals surface area contributed by atoms with Crippen molar-refractivity contribution in [3.05, 3.63) is 24.3 Å². The molecule has 0 unspecified atom stereocenters. The van der Waals surface area contributed by atoms with E-state index in [0.29, 0.717) is 39.1 Å². The highest BCUT2D eigenvalue weighted by Crippen LogP contribution is 2.26. The van der Waals surface area contributed by atoms with Gasteiger partial charge in [0.05, 0.1) is 34.8 Å². The van der Waals surface area contributed by atoms with Crippen LogP contribution in [0, 0.1) is 0 Å². The van der Waals surface area contributed by atoms with E-state index in [1.807, 2.05) is 0 Å². The summed E-state index contributed by atoms with van der Waals surface area (Å²) in [5.74, 6) is -0.199. The van der Waals surface area contributed by atoms with Crippen LogP contribution < -0.4 is 11.5 Å². The van der Waals surface area contributed by atoms with Crippen molar-refractivity contribution in [2.24, 2.45) is 16.5 Å². The fourth-order valence-corrected chi connectivity index (χ4v) is 6.92. The lowest BCUT2D eigenvalue weighted by atomic mass is 10.1. The molecular weight excluding hydrogens is 458 g/mol. The highest BCUT2D eigenvalue weighted by Gasteiger charge is 2.33. The van der Waals surface area contributed by atoms with Crippen molar-refractivity contribution >= 4 is 31.7 Å². The van der Waals surface area contributed by atoms with Crippen LogP contribution in [0.1, 0.15) is 19.3 Å². The second-order valence-electron chi connectivity index (χ2n) is 7.67. The molecule has 2 heterocycles. The Morgan fingerprint density at radius 3 is 2.09 bits per heavy atom. The lowest BCUT2D eigenvalue weighted by Crippen LogP contribution is -2.42. The number of hydrogen-bond acceptors (Lipinski definition) is 7. The van der Waals surface area contributed by atoms with Crippen molar-refractivity contribution in [2.45, 2.75) is 34.3 Å². The fourth-order valence-electron chi connectivity index (χ4n) is 3.78. The van der Waals surface area contributed by atoms with Crippen LogP contribution in [0.4, 0.5) is 0 Å². The molecule has 0 spiro atoms. The largest absolute Gasteiger partial charge is 0.379 e. The number of rotatable bonds is 7. The summed E-state index contributed by atoms with van der Waals surface area (Å²) in [6, 6.07) is 5.35. The highest BCUT2D eigenvalue weighted by molar-refractivity contribution is 7.92. The molecule has 13 heteroatoms. The zero-order chi connectivity index (χ0) is 23.4. The number of ether oxygens (including phenoxy) is 1. The number of sulfonamides is 1. The van der Waals surface area contributed by atoms with Gasteiger partial charge in [-0.25, -0.2) is 16.8 Å².